The molecule has 0 aliphatic heterocycles. The fraction of sp³-hybridized carbons (Fsp3) is 0.625. The summed E-state index contributed by atoms with van der Waals surface area (Å²) < 4.78 is 39.9. The lowest BCUT2D eigenvalue weighted by molar-refractivity contribution is 0.141. The molecule has 6 heteroatoms. The molecule has 0 aliphatic rings. The topological polar surface area (TPSA) is 61.8 Å². The molecule has 0 spiro atoms. The molecule has 0 heterocycles. The minimum atomic E-state index is -3.76. The molecule has 1 aromatic rings. The number of ether oxygens (including phenoxy) is 2. The second kappa shape index (κ2) is 9.82. The zero-order valence-electron chi connectivity index (χ0n) is 13.6. The van der Waals surface area contributed by atoms with Crippen molar-refractivity contribution in [3.8, 4) is 5.75 Å². The summed E-state index contributed by atoms with van der Waals surface area (Å²) in [5.74, 6) is 0.359. The van der Waals surface area contributed by atoms with Crippen LogP contribution in [0.2, 0.25) is 0 Å². The van der Waals surface area contributed by atoms with Crippen molar-refractivity contribution in [1.82, 2.24) is 0 Å². The minimum absolute atomic E-state index is 0.0919. The van der Waals surface area contributed by atoms with E-state index < -0.39 is 10.1 Å². The van der Waals surface area contributed by atoms with E-state index in [2.05, 4.69) is 0 Å². The average molecular weight is 330 g/mol. The first-order chi connectivity index (χ1) is 10.5. The Kier molecular flexibility index (Phi) is 8.45. The molecule has 126 valence electrons. The van der Waals surface area contributed by atoms with Gasteiger partial charge < -0.3 is 9.47 Å². The van der Waals surface area contributed by atoms with Crippen molar-refractivity contribution in [3.05, 3.63) is 23.8 Å². The first kappa shape index (κ1) is 18.9. The Labute approximate surface area is 133 Å². The lowest BCUT2D eigenvalue weighted by Crippen LogP contribution is -2.09. The van der Waals surface area contributed by atoms with Crippen molar-refractivity contribution >= 4 is 10.1 Å². The van der Waals surface area contributed by atoms with Gasteiger partial charge in [0, 0.05) is 13.2 Å². The summed E-state index contributed by atoms with van der Waals surface area (Å²) >= 11 is 0. The lowest BCUT2D eigenvalue weighted by atomic mass is 10.2. The van der Waals surface area contributed by atoms with Crippen molar-refractivity contribution in [2.24, 2.45) is 0 Å². The number of unbranched alkanes of at least 4 members (excludes halogenated alkanes) is 2. The Balaban J connectivity index is 2.60. The molecule has 0 bridgehead atoms. The Morgan fingerprint density at radius 1 is 1.00 bits per heavy atom. The Morgan fingerprint density at radius 2 is 1.73 bits per heavy atom. The maximum absolute atomic E-state index is 12.1. The van der Waals surface area contributed by atoms with Gasteiger partial charge in [-0.3, -0.25) is 4.18 Å². The van der Waals surface area contributed by atoms with Gasteiger partial charge in [-0.15, -0.1) is 0 Å². The fourth-order valence-electron chi connectivity index (χ4n) is 1.96. The van der Waals surface area contributed by atoms with Gasteiger partial charge in [0.15, 0.2) is 0 Å². The maximum Gasteiger partial charge on any atom is 0.300 e. The average Bonchev–Trinajstić information content (AvgIpc) is 2.46. The van der Waals surface area contributed by atoms with Gasteiger partial charge in [0.2, 0.25) is 0 Å². The van der Waals surface area contributed by atoms with E-state index in [0.29, 0.717) is 12.4 Å². The number of rotatable bonds is 11. The van der Waals surface area contributed by atoms with E-state index in [1.165, 1.54) is 6.07 Å². The summed E-state index contributed by atoms with van der Waals surface area (Å²) in [6.07, 6.45) is 2.82. The van der Waals surface area contributed by atoms with Gasteiger partial charge in [0.05, 0.1) is 13.2 Å². The van der Waals surface area contributed by atoms with Crippen molar-refractivity contribution in [3.63, 3.8) is 0 Å². The van der Waals surface area contributed by atoms with Gasteiger partial charge in [0.25, 0.3) is 0 Å². The molecule has 0 aliphatic carbocycles. The smallest absolute Gasteiger partial charge is 0.300 e. The van der Waals surface area contributed by atoms with Crippen LogP contribution >= 0.6 is 0 Å². The lowest BCUT2D eigenvalue weighted by Gasteiger charge is -2.12. The van der Waals surface area contributed by atoms with Gasteiger partial charge in [-0.2, -0.15) is 8.42 Å². The molecule has 22 heavy (non-hydrogen) atoms. The molecule has 0 saturated carbocycles. The highest BCUT2D eigenvalue weighted by atomic mass is 32.2. The molecule has 1 aromatic carbocycles. The molecular weight excluding hydrogens is 304 g/mol. The molecule has 0 radical (unpaired) electrons. The third-order valence-corrected chi connectivity index (χ3v) is 4.46. The highest BCUT2D eigenvalue weighted by Crippen LogP contribution is 2.27. The molecular formula is C16H26O5S. The first-order valence-electron chi connectivity index (χ1n) is 7.72. The van der Waals surface area contributed by atoms with E-state index in [1.807, 2.05) is 13.8 Å². The standard InChI is InChI=1S/C16H26O5S/c1-4-19-11-7-6-8-12-20-15-13-14(3)9-10-16(15)22(17,18)21-5-2/h9-10,13H,4-8,11-12H2,1-3H3. The third kappa shape index (κ3) is 6.34. The van der Waals surface area contributed by atoms with Crippen LogP contribution in [-0.2, 0) is 19.0 Å². The van der Waals surface area contributed by atoms with Crippen molar-refractivity contribution in [2.75, 3.05) is 26.4 Å². The van der Waals surface area contributed by atoms with E-state index in [-0.39, 0.29) is 11.5 Å². The zero-order chi connectivity index (χ0) is 16.4. The summed E-state index contributed by atoms with van der Waals surface area (Å²) in [5.41, 5.74) is 0.946. The largest absolute Gasteiger partial charge is 0.492 e. The second-order valence-electron chi connectivity index (χ2n) is 4.92. The summed E-state index contributed by atoms with van der Waals surface area (Å²) in [7, 11) is -3.76. The van der Waals surface area contributed by atoms with Crippen LogP contribution in [0.3, 0.4) is 0 Å². The molecule has 5 nitrogen and oxygen atoms in total. The van der Waals surface area contributed by atoms with Gasteiger partial charge in [-0.05, 0) is 57.7 Å². The monoisotopic (exact) mass is 330 g/mol. The van der Waals surface area contributed by atoms with Crippen molar-refractivity contribution in [1.29, 1.82) is 0 Å². The van der Waals surface area contributed by atoms with E-state index >= 15 is 0 Å². The van der Waals surface area contributed by atoms with E-state index in [4.69, 9.17) is 13.7 Å². The summed E-state index contributed by atoms with van der Waals surface area (Å²) in [5, 5.41) is 0. The predicted octanol–water partition coefficient (Wildman–Crippen LogP) is 3.31. The van der Waals surface area contributed by atoms with Crippen LogP contribution in [0.1, 0.15) is 38.7 Å². The van der Waals surface area contributed by atoms with Gasteiger partial charge in [-0.1, -0.05) is 6.07 Å². The highest BCUT2D eigenvalue weighted by Gasteiger charge is 2.20. The van der Waals surface area contributed by atoms with E-state index in [0.717, 1.165) is 38.0 Å². The number of hydrogen-bond donors (Lipinski definition) is 0. The molecule has 0 amide bonds. The van der Waals surface area contributed by atoms with Crippen LogP contribution < -0.4 is 4.74 Å². The van der Waals surface area contributed by atoms with Gasteiger partial charge in [-0.25, -0.2) is 0 Å². The van der Waals surface area contributed by atoms with Crippen molar-refractivity contribution < 1.29 is 22.1 Å². The number of hydrogen-bond acceptors (Lipinski definition) is 5. The molecule has 0 unspecified atom stereocenters. The Morgan fingerprint density at radius 3 is 2.41 bits per heavy atom. The van der Waals surface area contributed by atoms with Crippen LogP contribution in [0.4, 0.5) is 0 Å². The Bertz CT molecular complexity index is 539. The van der Waals surface area contributed by atoms with Gasteiger partial charge >= 0.3 is 10.1 Å². The first-order valence-corrected chi connectivity index (χ1v) is 9.12. The molecule has 1 rings (SSSR count). The molecule has 0 aromatic heterocycles. The van der Waals surface area contributed by atoms with E-state index in [1.54, 1.807) is 19.1 Å². The fourth-order valence-corrected chi connectivity index (χ4v) is 3.00. The minimum Gasteiger partial charge on any atom is -0.492 e. The summed E-state index contributed by atoms with van der Waals surface area (Å²) in [6.45, 7) is 7.58. The number of aryl methyl sites for hydroxylation is 1. The maximum atomic E-state index is 12.1. The van der Waals surface area contributed by atoms with Crippen molar-refractivity contribution in [2.45, 2.75) is 44.9 Å². The van der Waals surface area contributed by atoms with Crippen LogP contribution in [0, 0.1) is 6.92 Å². The van der Waals surface area contributed by atoms with Crippen LogP contribution in [-0.4, -0.2) is 34.8 Å². The van der Waals surface area contributed by atoms with Crippen LogP contribution in [0.15, 0.2) is 23.1 Å². The molecule has 0 fully saturated rings. The predicted molar refractivity (Wildman–Crippen MR) is 85.8 cm³/mol. The van der Waals surface area contributed by atoms with Crippen LogP contribution in [0.5, 0.6) is 5.75 Å². The van der Waals surface area contributed by atoms with E-state index in [9.17, 15) is 8.42 Å². The van der Waals surface area contributed by atoms with Gasteiger partial charge in [0.1, 0.15) is 10.6 Å². The van der Waals surface area contributed by atoms with Crippen LogP contribution in [0.25, 0.3) is 0 Å². The normalized spacial score (nSPS) is 11.6. The SMILES string of the molecule is CCOCCCCCOc1cc(C)ccc1S(=O)(=O)OCC. The third-order valence-electron chi connectivity index (χ3n) is 3.04. The second-order valence-corrected chi connectivity index (χ2v) is 6.50. The molecule has 0 saturated heterocycles. The number of benzene rings is 1. The summed E-state index contributed by atoms with van der Waals surface area (Å²) in [6, 6.07) is 5.00. The zero-order valence-corrected chi connectivity index (χ0v) is 14.4. The quantitative estimate of drug-likeness (QED) is 0.460. The molecule has 0 atom stereocenters. The summed E-state index contributed by atoms with van der Waals surface area (Å²) in [4.78, 5) is 0.0919. The Hall–Kier alpha value is -1.11. The molecule has 0 N–H and O–H groups in total. The highest BCUT2D eigenvalue weighted by molar-refractivity contribution is 7.86.